The van der Waals surface area contributed by atoms with Crippen LogP contribution in [0.3, 0.4) is 0 Å². The summed E-state index contributed by atoms with van der Waals surface area (Å²) in [6.07, 6.45) is 0. The minimum Gasteiger partial charge on any atom is -0.496 e. The molecule has 84 valence electrons. The predicted octanol–water partition coefficient (Wildman–Crippen LogP) is 3.89. The minimum atomic E-state index is -0.0782. The molecule has 0 saturated heterocycles. The maximum atomic E-state index is 11.2. The average Bonchev–Trinajstić information content (AvgIpc) is 2.23. The van der Waals surface area contributed by atoms with Gasteiger partial charge >= 0.3 is 0 Å². The number of carbonyl (C=O) groups is 1. The molecule has 15 heavy (non-hydrogen) atoms. The third-order valence-electron chi connectivity index (χ3n) is 1.86. The van der Waals surface area contributed by atoms with Crippen LogP contribution >= 0.6 is 11.6 Å². The molecule has 1 aromatic rings. The van der Waals surface area contributed by atoms with Gasteiger partial charge in [0.25, 0.3) is 0 Å². The van der Waals surface area contributed by atoms with E-state index >= 15 is 0 Å². The fourth-order valence-corrected chi connectivity index (χ4v) is 1.54. The van der Waals surface area contributed by atoms with Gasteiger partial charge in [-0.3, -0.25) is 4.79 Å². The molecule has 0 N–H and O–H groups in total. The average molecular weight is 229 g/mol. The van der Waals surface area contributed by atoms with E-state index in [4.69, 9.17) is 16.3 Å². The third kappa shape index (κ3) is 3.24. The Balaban J connectivity index is 0.000000921. The van der Waals surface area contributed by atoms with E-state index in [1.165, 1.54) is 14.0 Å². The Hall–Kier alpha value is -1.02. The Morgan fingerprint density at radius 3 is 2.20 bits per heavy atom. The summed E-state index contributed by atoms with van der Waals surface area (Å²) < 4.78 is 5.11. The highest BCUT2D eigenvalue weighted by atomic mass is 35.5. The lowest BCUT2D eigenvalue weighted by molar-refractivity contribution is 0.101. The summed E-state index contributed by atoms with van der Waals surface area (Å²) in [6, 6.07) is 3.53. The second-order valence-electron chi connectivity index (χ2n) is 2.83. The molecular weight excluding hydrogens is 212 g/mol. The first-order valence-corrected chi connectivity index (χ1v) is 5.29. The topological polar surface area (TPSA) is 26.3 Å². The van der Waals surface area contributed by atoms with Gasteiger partial charge in [-0.05, 0) is 25.5 Å². The van der Waals surface area contributed by atoms with Crippen LogP contribution < -0.4 is 4.74 Å². The molecule has 2 nitrogen and oxygen atoms in total. The van der Waals surface area contributed by atoms with E-state index in [9.17, 15) is 4.79 Å². The quantitative estimate of drug-likeness (QED) is 0.718. The highest BCUT2D eigenvalue weighted by Gasteiger charge is 2.14. The molecular formula is C12H17ClO2. The van der Waals surface area contributed by atoms with Crippen molar-refractivity contribution in [2.24, 2.45) is 0 Å². The molecule has 0 unspecified atom stereocenters. The lowest BCUT2D eigenvalue weighted by atomic mass is 10.1. The second-order valence-corrected chi connectivity index (χ2v) is 3.24. The molecule has 0 spiro atoms. The van der Waals surface area contributed by atoms with E-state index in [0.717, 1.165) is 5.56 Å². The fraction of sp³-hybridized carbons (Fsp3) is 0.417. The van der Waals surface area contributed by atoms with Gasteiger partial charge in [0.1, 0.15) is 5.75 Å². The lowest BCUT2D eigenvalue weighted by Crippen LogP contribution is -2.00. The number of hydrogen-bond acceptors (Lipinski definition) is 2. The largest absolute Gasteiger partial charge is 0.496 e. The predicted molar refractivity (Wildman–Crippen MR) is 64.1 cm³/mol. The molecule has 1 aromatic carbocycles. The summed E-state index contributed by atoms with van der Waals surface area (Å²) in [5.41, 5.74) is 1.38. The fourth-order valence-electron chi connectivity index (χ4n) is 1.25. The van der Waals surface area contributed by atoms with Crippen molar-refractivity contribution < 1.29 is 9.53 Å². The van der Waals surface area contributed by atoms with E-state index < -0.39 is 0 Å². The molecule has 1 rings (SSSR count). The standard InChI is InChI=1S/C10H11ClO2.C2H6/c1-6-4-5-8(11)9(7(2)12)10(6)13-3;1-2/h4-5H,1-3H3;1-2H3. The molecule has 3 heteroatoms. The van der Waals surface area contributed by atoms with Crippen LogP contribution in [-0.4, -0.2) is 12.9 Å². The van der Waals surface area contributed by atoms with Crippen LogP contribution in [0.25, 0.3) is 0 Å². The highest BCUT2D eigenvalue weighted by molar-refractivity contribution is 6.34. The van der Waals surface area contributed by atoms with Crippen LogP contribution in [0.2, 0.25) is 5.02 Å². The molecule has 0 atom stereocenters. The number of ether oxygens (including phenoxy) is 1. The normalized spacial score (nSPS) is 8.93. The zero-order valence-corrected chi connectivity index (χ0v) is 10.6. The molecule has 0 bridgehead atoms. The number of carbonyl (C=O) groups excluding carboxylic acids is 1. The van der Waals surface area contributed by atoms with E-state index in [2.05, 4.69) is 0 Å². The van der Waals surface area contributed by atoms with Crippen LogP contribution in [0.4, 0.5) is 0 Å². The number of halogens is 1. The Morgan fingerprint density at radius 1 is 1.33 bits per heavy atom. The van der Waals surface area contributed by atoms with E-state index in [-0.39, 0.29) is 5.78 Å². The summed E-state index contributed by atoms with van der Waals surface area (Å²) in [7, 11) is 1.53. The third-order valence-corrected chi connectivity index (χ3v) is 2.17. The van der Waals surface area contributed by atoms with Crippen molar-refractivity contribution in [1.29, 1.82) is 0 Å². The Labute approximate surface area is 96.2 Å². The number of ketones is 1. The molecule has 0 radical (unpaired) electrons. The molecule has 0 saturated carbocycles. The van der Waals surface area contributed by atoms with E-state index in [1.807, 2.05) is 26.8 Å². The van der Waals surface area contributed by atoms with E-state index in [0.29, 0.717) is 16.3 Å². The van der Waals surface area contributed by atoms with Gasteiger partial charge < -0.3 is 4.74 Å². The maximum Gasteiger partial charge on any atom is 0.165 e. The molecule has 0 fully saturated rings. The minimum absolute atomic E-state index is 0.0782. The lowest BCUT2D eigenvalue weighted by Gasteiger charge is -2.10. The van der Waals surface area contributed by atoms with Crippen molar-refractivity contribution in [3.05, 3.63) is 28.3 Å². The van der Waals surface area contributed by atoms with Crippen LogP contribution in [-0.2, 0) is 0 Å². The van der Waals surface area contributed by atoms with Crippen molar-refractivity contribution in [3.8, 4) is 5.75 Å². The van der Waals surface area contributed by atoms with Gasteiger partial charge in [0.2, 0.25) is 0 Å². The van der Waals surface area contributed by atoms with Gasteiger partial charge in [0.15, 0.2) is 5.78 Å². The number of rotatable bonds is 2. The molecule has 0 aliphatic carbocycles. The van der Waals surface area contributed by atoms with Crippen LogP contribution in [0.1, 0.15) is 36.7 Å². The van der Waals surface area contributed by atoms with Crippen molar-refractivity contribution in [2.75, 3.05) is 7.11 Å². The summed E-state index contributed by atoms with van der Waals surface area (Å²) >= 11 is 5.87. The van der Waals surface area contributed by atoms with Gasteiger partial charge in [-0.1, -0.05) is 31.5 Å². The monoisotopic (exact) mass is 228 g/mol. The molecule has 0 heterocycles. The summed E-state index contributed by atoms with van der Waals surface area (Å²) in [5, 5.41) is 0.440. The SMILES string of the molecule is CC.COc1c(C)ccc(Cl)c1C(C)=O. The number of aryl methyl sites for hydroxylation is 1. The Morgan fingerprint density at radius 2 is 1.87 bits per heavy atom. The first-order valence-electron chi connectivity index (χ1n) is 4.92. The summed E-state index contributed by atoms with van der Waals surface area (Å²) in [5.74, 6) is 0.491. The van der Waals surface area contributed by atoms with Gasteiger partial charge in [-0.25, -0.2) is 0 Å². The number of hydrogen-bond donors (Lipinski definition) is 0. The molecule has 0 aromatic heterocycles. The van der Waals surface area contributed by atoms with Crippen molar-refractivity contribution in [2.45, 2.75) is 27.7 Å². The molecule has 0 amide bonds. The zero-order valence-electron chi connectivity index (χ0n) is 9.85. The zero-order chi connectivity index (χ0) is 12.0. The second kappa shape index (κ2) is 6.46. The summed E-state index contributed by atoms with van der Waals surface area (Å²) in [4.78, 5) is 11.2. The van der Waals surface area contributed by atoms with Crippen molar-refractivity contribution >= 4 is 17.4 Å². The maximum absolute atomic E-state index is 11.2. The van der Waals surface area contributed by atoms with Crippen molar-refractivity contribution in [1.82, 2.24) is 0 Å². The highest BCUT2D eigenvalue weighted by Crippen LogP contribution is 2.30. The van der Waals surface area contributed by atoms with Gasteiger partial charge in [0.05, 0.1) is 17.7 Å². The summed E-state index contributed by atoms with van der Waals surface area (Å²) in [6.45, 7) is 7.35. The van der Waals surface area contributed by atoms with Gasteiger partial charge in [-0.2, -0.15) is 0 Å². The molecule has 0 aliphatic heterocycles. The van der Waals surface area contributed by atoms with Crippen LogP contribution in [0.15, 0.2) is 12.1 Å². The number of Topliss-reactive ketones (excluding diaryl/α,β-unsaturated/α-hetero) is 1. The van der Waals surface area contributed by atoms with Gasteiger partial charge in [-0.15, -0.1) is 0 Å². The number of benzene rings is 1. The van der Waals surface area contributed by atoms with Gasteiger partial charge in [0, 0.05) is 0 Å². The first kappa shape index (κ1) is 14.0. The smallest absolute Gasteiger partial charge is 0.165 e. The Bertz CT molecular complexity index is 346. The molecule has 0 aliphatic rings. The van der Waals surface area contributed by atoms with E-state index in [1.54, 1.807) is 6.07 Å². The number of methoxy groups -OCH3 is 1. The first-order chi connectivity index (χ1) is 7.07. The van der Waals surface area contributed by atoms with Crippen LogP contribution in [0.5, 0.6) is 5.75 Å². The Kier molecular flexibility index (Phi) is 6.02. The van der Waals surface area contributed by atoms with Crippen LogP contribution in [0, 0.1) is 6.92 Å². The van der Waals surface area contributed by atoms with Crippen molar-refractivity contribution in [3.63, 3.8) is 0 Å².